The lowest BCUT2D eigenvalue weighted by Crippen LogP contribution is -1.91. The van der Waals surface area contributed by atoms with E-state index < -0.39 is 0 Å². The zero-order valence-electron chi connectivity index (χ0n) is 8.93. The Morgan fingerprint density at radius 3 is 2.94 bits per heavy atom. The van der Waals surface area contributed by atoms with E-state index in [0.717, 1.165) is 24.0 Å². The summed E-state index contributed by atoms with van der Waals surface area (Å²) in [6.07, 6.45) is 5.17. The fourth-order valence-corrected chi connectivity index (χ4v) is 2.42. The predicted octanol–water partition coefficient (Wildman–Crippen LogP) is 2.73. The van der Waals surface area contributed by atoms with Crippen LogP contribution in [0.5, 0.6) is 0 Å². The number of hydrogen-bond acceptors (Lipinski definition) is 2. The van der Waals surface area contributed by atoms with E-state index in [2.05, 4.69) is 17.1 Å². The molecule has 0 unspecified atom stereocenters. The van der Waals surface area contributed by atoms with Crippen LogP contribution in [0, 0.1) is 0 Å². The zero-order chi connectivity index (χ0) is 11.0. The molecule has 0 amide bonds. The molecule has 0 saturated heterocycles. The zero-order valence-corrected chi connectivity index (χ0v) is 8.93. The number of pyridine rings is 1. The second-order valence-corrected chi connectivity index (χ2v) is 4.17. The third-order valence-electron chi connectivity index (χ3n) is 3.21. The summed E-state index contributed by atoms with van der Waals surface area (Å²) in [6.45, 7) is 0. The molecule has 0 radical (unpaired) electrons. The number of rotatable bonds is 1. The van der Waals surface area contributed by atoms with E-state index in [0.29, 0.717) is 0 Å². The third kappa shape index (κ3) is 1.42. The minimum atomic E-state index is -0.286. The first kappa shape index (κ1) is 9.55. The molecule has 0 aliphatic heterocycles. The number of aliphatic hydroxyl groups excluding tert-OH is 1. The molecule has 0 spiro atoms. The monoisotopic (exact) mass is 211 g/mol. The van der Waals surface area contributed by atoms with Crippen LogP contribution in [0.3, 0.4) is 0 Å². The lowest BCUT2D eigenvalue weighted by molar-refractivity contribution is 0.180. The van der Waals surface area contributed by atoms with Crippen molar-refractivity contribution in [2.45, 2.75) is 18.9 Å². The van der Waals surface area contributed by atoms with Crippen molar-refractivity contribution in [3.05, 3.63) is 53.9 Å². The highest BCUT2D eigenvalue weighted by molar-refractivity contribution is 5.69. The average molecular weight is 211 g/mol. The fraction of sp³-hybridized carbons (Fsp3) is 0.214. The first-order valence-electron chi connectivity index (χ1n) is 5.56. The molecule has 0 saturated carbocycles. The lowest BCUT2D eigenvalue weighted by atomic mass is 9.98. The maximum absolute atomic E-state index is 9.84. The molecule has 3 rings (SSSR count). The van der Waals surface area contributed by atoms with E-state index >= 15 is 0 Å². The van der Waals surface area contributed by atoms with Crippen molar-refractivity contribution < 1.29 is 5.11 Å². The molecule has 1 atom stereocenters. The van der Waals surface area contributed by atoms with Crippen molar-refractivity contribution in [3.8, 4) is 11.1 Å². The third-order valence-corrected chi connectivity index (χ3v) is 3.21. The summed E-state index contributed by atoms with van der Waals surface area (Å²) in [7, 11) is 0. The summed E-state index contributed by atoms with van der Waals surface area (Å²) >= 11 is 0. The molecule has 80 valence electrons. The topological polar surface area (TPSA) is 33.1 Å². The summed E-state index contributed by atoms with van der Waals surface area (Å²) in [6, 6.07) is 10.1. The number of aromatic nitrogens is 1. The largest absolute Gasteiger partial charge is 0.388 e. The van der Waals surface area contributed by atoms with E-state index in [1.807, 2.05) is 24.4 Å². The molecule has 2 heteroatoms. The summed E-state index contributed by atoms with van der Waals surface area (Å²) in [5.74, 6) is 0. The van der Waals surface area contributed by atoms with E-state index in [9.17, 15) is 5.11 Å². The van der Waals surface area contributed by atoms with Gasteiger partial charge in [-0.25, -0.2) is 0 Å². The molecule has 1 heterocycles. The van der Waals surface area contributed by atoms with Gasteiger partial charge in [0.25, 0.3) is 0 Å². The second kappa shape index (κ2) is 3.72. The summed E-state index contributed by atoms with van der Waals surface area (Å²) in [5.41, 5.74) is 4.71. The van der Waals surface area contributed by atoms with Crippen molar-refractivity contribution in [3.63, 3.8) is 0 Å². The van der Waals surface area contributed by atoms with Crippen molar-refractivity contribution in [1.82, 2.24) is 4.98 Å². The van der Waals surface area contributed by atoms with Crippen LogP contribution >= 0.6 is 0 Å². The van der Waals surface area contributed by atoms with Gasteiger partial charge >= 0.3 is 0 Å². The molecule has 1 aliphatic rings. The minimum absolute atomic E-state index is 0.286. The Morgan fingerprint density at radius 2 is 2.12 bits per heavy atom. The van der Waals surface area contributed by atoms with Crippen LogP contribution in [0.25, 0.3) is 11.1 Å². The molecule has 1 aromatic heterocycles. The molecule has 2 aromatic rings. The molecular formula is C14H13NO. The minimum Gasteiger partial charge on any atom is -0.388 e. The first-order chi connectivity index (χ1) is 7.86. The number of benzene rings is 1. The van der Waals surface area contributed by atoms with Gasteiger partial charge in [0.05, 0.1) is 6.10 Å². The Morgan fingerprint density at radius 1 is 1.19 bits per heavy atom. The molecule has 1 aliphatic carbocycles. The lowest BCUT2D eigenvalue weighted by Gasteiger charge is -2.08. The molecule has 1 aromatic carbocycles. The van der Waals surface area contributed by atoms with E-state index in [1.54, 1.807) is 6.20 Å². The normalized spacial score (nSPS) is 18.4. The number of nitrogens with zero attached hydrogens (tertiary/aromatic N) is 1. The van der Waals surface area contributed by atoms with Gasteiger partial charge in [-0.2, -0.15) is 0 Å². The van der Waals surface area contributed by atoms with Crippen LogP contribution in [0.2, 0.25) is 0 Å². The Hall–Kier alpha value is -1.67. The molecule has 2 nitrogen and oxygen atoms in total. The van der Waals surface area contributed by atoms with E-state index in [1.165, 1.54) is 11.1 Å². The second-order valence-electron chi connectivity index (χ2n) is 4.17. The van der Waals surface area contributed by atoms with Crippen LogP contribution in [-0.4, -0.2) is 10.1 Å². The van der Waals surface area contributed by atoms with E-state index in [4.69, 9.17) is 0 Å². The van der Waals surface area contributed by atoms with Gasteiger partial charge in [-0.3, -0.25) is 4.98 Å². The van der Waals surface area contributed by atoms with Gasteiger partial charge in [0.1, 0.15) is 0 Å². The summed E-state index contributed by atoms with van der Waals surface area (Å²) in [5, 5.41) is 9.84. The quantitative estimate of drug-likeness (QED) is 0.786. The Bertz CT molecular complexity index is 507. The van der Waals surface area contributed by atoms with Crippen LogP contribution < -0.4 is 0 Å². The van der Waals surface area contributed by atoms with Crippen molar-refractivity contribution in [2.24, 2.45) is 0 Å². The maximum atomic E-state index is 9.84. The van der Waals surface area contributed by atoms with Crippen LogP contribution in [-0.2, 0) is 6.42 Å². The van der Waals surface area contributed by atoms with Gasteiger partial charge in [-0.1, -0.05) is 24.3 Å². The van der Waals surface area contributed by atoms with Gasteiger partial charge in [-0.15, -0.1) is 0 Å². The Labute approximate surface area is 94.6 Å². The predicted molar refractivity (Wildman–Crippen MR) is 63.0 cm³/mol. The van der Waals surface area contributed by atoms with Gasteiger partial charge in [-0.05, 0) is 35.6 Å². The van der Waals surface area contributed by atoms with Gasteiger partial charge in [0.2, 0.25) is 0 Å². The first-order valence-corrected chi connectivity index (χ1v) is 5.56. The number of hydrogen-bond donors (Lipinski definition) is 1. The summed E-state index contributed by atoms with van der Waals surface area (Å²) in [4.78, 5) is 4.14. The van der Waals surface area contributed by atoms with Crippen molar-refractivity contribution in [1.29, 1.82) is 0 Å². The molecule has 1 N–H and O–H groups in total. The van der Waals surface area contributed by atoms with E-state index in [-0.39, 0.29) is 6.10 Å². The molecular weight excluding hydrogens is 198 g/mol. The smallest absolute Gasteiger partial charge is 0.0796 e. The Kier molecular flexibility index (Phi) is 2.22. The van der Waals surface area contributed by atoms with Crippen LogP contribution in [0.4, 0.5) is 0 Å². The summed E-state index contributed by atoms with van der Waals surface area (Å²) < 4.78 is 0. The van der Waals surface area contributed by atoms with Crippen LogP contribution in [0.1, 0.15) is 23.7 Å². The SMILES string of the molecule is O[C@@H]1CCc2c(-c3cccnc3)cccc21. The number of aliphatic hydroxyl groups is 1. The molecule has 0 fully saturated rings. The highest BCUT2D eigenvalue weighted by atomic mass is 16.3. The fourth-order valence-electron chi connectivity index (χ4n) is 2.42. The molecule has 0 bridgehead atoms. The standard InChI is InChI=1S/C14H13NO/c16-14-7-6-12-11(4-1-5-13(12)14)10-3-2-8-15-9-10/h1-5,8-9,14,16H,6-7H2/t14-/m1/s1. The Balaban J connectivity index is 2.17. The van der Waals surface area contributed by atoms with Gasteiger partial charge in [0, 0.05) is 18.0 Å². The molecule has 16 heavy (non-hydrogen) atoms. The van der Waals surface area contributed by atoms with Crippen molar-refractivity contribution in [2.75, 3.05) is 0 Å². The number of fused-ring (bicyclic) bond motifs is 1. The van der Waals surface area contributed by atoms with Gasteiger partial charge in [0.15, 0.2) is 0 Å². The van der Waals surface area contributed by atoms with Gasteiger partial charge < -0.3 is 5.11 Å². The highest BCUT2D eigenvalue weighted by Crippen LogP contribution is 2.37. The highest BCUT2D eigenvalue weighted by Gasteiger charge is 2.22. The average Bonchev–Trinajstić information content (AvgIpc) is 2.73. The maximum Gasteiger partial charge on any atom is 0.0796 e. The van der Waals surface area contributed by atoms with Crippen LogP contribution in [0.15, 0.2) is 42.7 Å². The van der Waals surface area contributed by atoms with Crippen molar-refractivity contribution >= 4 is 0 Å².